The standard InChI is InChI=1S/C23H25FN2O/c1-16-4-6-21-19(14-16)18-9-11-25(2)12-10-22(18)26(21)13-8-17-5-7-23(27-3)20(24)15-17/h4-8,13-15H,9-12H2,1-3H3. The van der Waals surface area contributed by atoms with Gasteiger partial charge in [-0.1, -0.05) is 17.7 Å². The fraction of sp³-hybridized carbons (Fsp3) is 0.304. The van der Waals surface area contributed by atoms with Gasteiger partial charge in [0.2, 0.25) is 0 Å². The van der Waals surface area contributed by atoms with Gasteiger partial charge in [-0.05, 0) is 61.9 Å². The van der Waals surface area contributed by atoms with E-state index in [-0.39, 0.29) is 11.6 Å². The van der Waals surface area contributed by atoms with Crippen molar-refractivity contribution in [1.29, 1.82) is 0 Å². The highest BCUT2D eigenvalue weighted by Crippen LogP contribution is 2.31. The van der Waals surface area contributed by atoms with Crippen molar-refractivity contribution in [1.82, 2.24) is 9.47 Å². The highest BCUT2D eigenvalue weighted by molar-refractivity contribution is 5.89. The molecule has 140 valence electrons. The topological polar surface area (TPSA) is 17.4 Å². The largest absolute Gasteiger partial charge is 0.494 e. The summed E-state index contributed by atoms with van der Waals surface area (Å²) in [7, 11) is 3.66. The van der Waals surface area contributed by atoms with Crippen LogP contribution < -0.4 is 4.74 Å². The Labute approximate surface area is 159 Å². The highest BCUT2D eigenvalue weighted by atomic mass is 19.1. The molecule has 2 aromatic carbocycles. The third-order valence-electron chi connectivity index (χ3n) is 5.44. The summed E-state index contributed by atoms with van der Waals surface area (Å²) >= 11 is 0. The van der Waals surface area contributed by atoms with Gasteiger partial charge in [-0.2, -0.15) is 0 Å². The second-order valence-electron chi connectivity index (χ2n) is 7.33. The molecule has 3 aromatic rings. The van der Waals surface area contributed by atoms with Gasteiger partial charge in [0.15, 0.2) is 11.6 Å². The zero-order chi connectivity index (χ0) is 19.0. The van der Waals surface area contributed by atoms with Crippen molar-refractivity contribution >= 4 is 23.2 Å². The lowest BCUT2D eigenvalue weighted by Crippen LogP contribution is -2.21. The molecule has 0 amide bonds. The molecular formula is C23H25FN2O. The second kappa shape index (κ2) is 7.20. The summed E-state index contributed by atoms with van der Waals surface area (Å²) in [6, 6.07) is 11.7. The number of hydrogen-bond donors (Lipinski definition) is 0. The van der Waals surface area contributed by atoms with Crippen LogP contribution in [0.4, 0.5) is 4.39 Å². The number of rotatable bonds is 3. The summed E-state index contributed by atoms with van der Waals surface area (Å²) in [4.78, 5) is 2.38. The quantitative estimate of drug-likeness (QED) is 0.667. The molecule has 1 aliphatic rings. The molecule has 0 radical (unpaired) electrons. The van der Waals surface area contributed by atoms with Crippen LogP contribution in [-0.2, 0) is 12.8 Å². The average molecular weight is 364 g/mol. The third kappa shape index (κ3) is 3.37. The van der Waals surface area contributed by atoms with Crippen LogP contribution >= 0.6 is 0 Å². The predicted molar refractivity (Wildman–Crippen MR) is 110 cm³/mol. The molecule has 1 aliphatic heterocycles. The van der Waals surface area contributed by atoms with Crippen molar-refractivity contribution in [2.24, 2.45) is 0 Å². The maximum atomic E-state index is 14.0. The van der Waals surface area contributed by atoms with Gasteiger partial charge >= 0.3 is 0 Å². The molecule has 0 N–H and O–H groups in total. The number of aromatic nitrogens is 1. The molecule has 4 heteroatoms. The van der Waals surface area contributed by atoms with Gasteiger partial charge in [0, 0.05) is 36.8 Å². The number of hydrogen-bond acceptors (Lipinski definition) is 2. The van der Waals surface area contributed by atoms with Gasteiger partial charge in [-0.25, -0.2) is 4.39 Å². The number of fused-ring (bicyclic) bond motifs is 3. The maximum Gasteiger partial charge on any atom is 0.165 e. The highest BCUT2D eigenvalue weighted by Gasteiger charge is 2.19. The van der Waals surface area contributed by atoms with Crippen LogP contribution in [0.15, 0.2) is 36.4 Å². The molecular weight excluding hydrogens is 339 g/mol. The van der Waals surface area contributed by atoms with Gasteiger partial charge in [0.25, 0.3) is 0 Å². The summed E-state index contributed by atoms with van der Waals surface area (Å²) in [6.07, 6.45) is 6.12. The van der Waals surface area contributed by atoms with Gasteiger partial charge in [0.1, 0.15) is 0 Å². The number of aryl methyl sites for hydroxylation is 1. The number of halogens is 1. The van der Waals surface area contributed by atoms with E-state index in [4.69, 9.17) is 4.74 Å². The number of ether oxygens (including phenoxy) is 1. The zero-order valence-electron chi connectivity index (χ0n) is 16.1. The summed E-state index contributed by atoms with van der Waals surface area (Å²) in [5, 5.41) is 1.34. The molecule has 0 aliphatic carbocycles. The maximum absolute atomic E-state index is 14.0. The minimum absolute atomic E-state index is 0.269. The minimum atomic E-state index is -0.340. The lowest BCUT2D eigenvalue weighted by molar-refractivity contribution is 0.351. The van der Waals surface area contributed by atoms with Crippen molar-refractivity contribution in [3.8, 4) is 5.75 Å². The number of nitrogens with zero attached hydrogens (tertiary/aromatic N) is 2. The fourth-order valence-corrected chi connectivity index (χ4v) is 3.93. The summed E-state index contributed by atoms with van der Waals surface area (Å²) in [5.41, 5.74) is 6.14. The van der Waals surface area contributed by atoms with Crippen LogP contribution in [0.25, 0.3) is 23.2 Å². The Morgan fingerprint density at radius 2 is 1.89 bits per heavy atom. The molecule has 0 atom stereocenters. The number of likely N-dealkylation sites (N-methyl/N-ethyl adjacent to an activating group) is 1. The molecule has 3 nitrogen and oxygen atoms in total. The normalized spacial score (nSPS) is 15.3. The first-order valence-corrected chi connectivity index (χ1v) is 9.39. The molecule has 0 saturated carbocycles. The van der Waals surface area contributed by atoms with E-state index in [1.165, 1.54) is 40.9 Å². The lowest BCUT2D eigenvalue weighted by Gasteiger charge is -2.12. The molecule has 2 heterocycles. The molecule has 0 saturated heterocycles. The zero-order valence-corrected chi connectivity index (χ0v) is 16.1. The van der Waals surface area contributed by atoms with Gasteiger partial charge in [-0.3, -0.25) is 0 Å². The van der Waals surface area contributed by atoms with E-state index < -0.39 is 0 Å². The molecule has 0 spiro atoms. The molecule has 0 bridgehead atoms. The van der Waals surface area contributed by atoms with E-state index in [1.807, 2.05) is 12.1 Å². The van der Waals surface area contributed by atoms with Gasteiger partial charge < -0.3 is 14.2 Å². The van der Waals surface area contributed by atoms with E-state index >= 15 is 0 Å². The van der Waals surface area contributed by atoms with Crippen LogP contribution in [0.3, 0.4) is 0 Å². The van der Waals surface area contributed by atoms with E-state index in [0.29, 0.717) is 0 Å². The lowest BCUT2D eigenvalue weighted by atomic mass is 10.1. The monoisotopic (exact) mass is 364 g/mol. The molecule has 0 fully saturated rings. The van der Waals surface area contributed by atoms with Crippen LogP contribution in [0.5, 0.6) is 5.75 Å². The Kier molecular flexibility index (Phi) is 4.75. The third-order valence-corrected chi connectivity index (χ3v) is 5.44. The molecule has 27 heavy (non-hydrogen) atoms. The van der Waals surface area contributed by atoms with Crippen molar-refractivity contribution in [3.63, 3.8) is 0 Å². The number of benzene rings is 2. The predicted octanol–water partition coefficient (Wildman–Crippen LogP) is 4.76. The van der Waals surface area contributed by atoms with Crippen molar-refractivity contribution in [2.45, 2.75) is 19.8 Å². The molecule has 4 rings (SSSR count). The fourth-order valence-electron chi connectivity index (χ4n) is 3.93. The number of methoxy groups -OCH3 is 1. The Morgan fingerprint density at radius 3 is 2.67 bits per heavy atom. The van der Waals surface area contributed by atoms with Crippen LogP contribution in [0, 0.1) is 12.7 Å². The first kappa shape index (κ1) is 17.8. The Hall–Kier alpha value is -2.59. The van der Waals surface area contributed by atoms with E-state index in [0.717, 1.165) is 31.5 Å². The van der Waals surface area contributed by atoms with Crippen LogP contribution in [0.1, 0.15) is 22.4 Å². The minimum Gasteiger partial charge on any atom is -0.494 e. The summed E-state index contributed by atoms with van der Waals surface area (Å²) in [5.74, 6) is -0.0703. The first-order chi connectivity index (χ1) is 13.1. The molecule has 1 aromatic heterocycles. The van der Waals surface area contributed by atoms with Crippen molar-refractivity contribution in [2.75, 3.05) is 27.2 Å². The van der Waals surface area contributed by atoms with Crippen LogP contribution in [-0.4, -0.2) is 36.7 Å². The van der Waals surface area contributed by atoms with Crippen molar-refractivity contribution in [3.05, 3.63) is 64.6 Å². The first-order valence-electron chi connectivity index (χ1n) is 9.39. The molecule has 0 unspecified atom stereocenters. The van der Waals surface area contributed by atoms with Gasteiger partial charge in [0.05, 0.1) is 12.6 Å². The average Bonchev–Trinajstić information content (AvgIpc) is 2.80. The van der Waals surface area contributed by atoms with E-state index in [2.05, 4.69) is 47.8 Å². The summed E-state index contributed by atoms with van der Waals surface area (Å²) < 4.78 is 21.3. The van der Waals surface area contributed by atoms with Crippen molar-refractivity contribution < 1.29 is 9.13 Å². The van der Waals surface area contributed by atoms with E-state index in [1.54, 1.807) is 6.07 Å². The van der Waals surface area contributed by atoms with Gasteiger partial charge in [-0.15, -0.1) is 0 Å². The smallest absolute Gasteiger partial charge is 0.165 e. The second-order valence-corrected chi connectivity index (χ2v) is 7.33. The Balaban J connectivity index is 1.80. The van der Waals surface area contributed by atoms with Crippen LogP contribution in [0.2, 0.25) is 0 Å². The summed E-state index contributed by atoms with van der Waals surface area (Å²) in [6.45, 7) is 4.27. The SMILES string of the molecule is COc1ccc(C=Cn2c3c(c4cc(C)ccc42)CCN(C)CC3)cc1F. The Bertz CT molecular complexity index is 1020. The Morgan fingerprint density at radius 1 is 1.07 bits per heavy atom. The van der Waals surface area contributed by atoms with E-state index in [9.17, 15) is 4.39 Å².